The molecule has 0 spiro atoms. The summed E-state index contributed by atoms with van der Waals surface area (Å²) in [5.41, 5.74) is 2.09. The van der Waals surface area contributed by atoms with Crippen molar-refractivity contribution in [2.75, 3.05) is 0 Å². The zero-order chi connectivity index (χ0) is 41.2. The number of rotatable bonds is 11. The molecule has 1 saturated carbocycles. The van der Waals surface area contributed by atoms with E-state index in [1.54, 1.807) is 50.2 Å². The molecule has 1 fully saturated rings. The Morgan fingerprint density at radius 1 is 0.561 bits per heavy atom. The molecule has 300 valence electrons. The molecule has 1 aliphatic rings. The molecular formula is C44H47F5N6O2. The second kappa shape index (κ2) is 15.9. The number of alkyl halides is 3. The van der Waals surface area contributed by atoms with Crippen LogP contribution in [-0.4, -0.2) is 46.3 Å². The number of pyridine rings is 2. The van der Waals surface area contributed by atoms with Gasteiger partial charge in [-0.2, -0.15) is 13.2 Å². The van der Waals surface area contributed by atoms with Crippen LogP contribution in [0, 0.1) is 22.5 Å². The van der Waals surface area contributed by atoms with Crippen molar-refractivity contribution >= 4 is 0 Å². The molecule has 4 heterocycles. The molecular weight excluding hydrogens is 740 g/mol. The molecule has 13 heteroatoms. The number of hydrogen-bond donors (Lipinski definition) is 4. The minimum atomic E-state index is -4.22. The first-order valence-corrected chi connectivity index (χ1v) is 18.7. The first-order valence-electron chi connectivity index (χ1n) is 18.7. The number of benzene rings is 2. The standard InChI is InChI=1S/C22H21F4N3O.C22H26FN3O/c1-20(30,15-4-2-14(3-5-15)18-7-6-16(23)12-27-18)11-19-28-13-17(29-19)10-21(8-9-21)22(24,25)26;1-21(2,3)11-18-14-25-20(26-18)12-22(4,27)16-7-5-15(6-8-16)19-10-9-17(23)13-24-19/h2-7,12-13,30H,8-11H2,1H3,(H,28,29);5-10,13-14,27H,11-12H2,1-4H3,(H,25,26). The Bertz CT molecular complexity index is 2230. The zero-order valence-corrected chi connectivity index (χ0v) is 32.6. The van der Waals surface area contributed by atoms with Crippen molar-refractivity contribution in [1.29, 1.82) is 0 Å². The van der Waals surface area contributed by atoms with Crippen LogP contribution >= 0.6 is 0 Å². The summed E-state index contributed by atoms with van der Waals surface area (Å²) in [6, 6.07) is 20.5. The highest BCUT2D eigenvalue weighted by Crippen LogP contribution is 2.59. The Labute approximate surface area is 328 Å². The summed E-state index contributed by atoms with van der Waals surface area (Å²) >= 11 is 0. The Morgan fingerprint density at radius 3 is 1.35 bits per heavy atom. The van der Waals surface area contributed by atoms with E-state index in [2.05, 4.69) is 50.7 Å². The molecule has 4 N–H and O–H groups in total. The first-order chi connectivity index (χ1) is 26.7. The van der Waals surface area contributed by atoms with E-state index in [-0.39, 0.29) is 36.9 Å². The maximum absolute atomic E-state index is 13.2. The second-order valence-electron chi connectivity index (χ2n) is 16.7. The molecule has 8 nitrogen and oxygen atoms in total. The van der Waals surface area contributed by atoms with Crippen molar-refractivity contribution in [3.63, 3.8) is 0 Å². The van der Waals surface area contributed by atoms with E-state index in [4.69, 9.17) is 0 Å². The minimum absolute atomic E-state index is 0.120. The molecule has 2 aromatic carbocycles. The van der Waals surface area contributed by atoms with Crippen molar-refractivity contribution in [3.05, 3.63) is 143 Å². The molecule has 0 amide bonds. The maximum atomic E-state index is 13.2. The number of H-pyrrole nitrogens is 2. The number of nitrogens with zero attached hydrogens (tertiary/aromatic N) is 4. The summed E-state index contributed by atoms with van der Waals surface area (Å²) < 4.78 is 65.5. The van der Waals surface area contributed by atoms with E-state index in [9.17, 15) is 32.2 Å². The predicted octanol–water partition coefficient (Wildman–Crippen LogP) is 9.60. The van der Waals surface area contributed by atoms with Crippen molar-refractivity contribution < 1.29 is 32.2 Å². The molecule has 4 aromatic heterocycles. The molecule has 57 heavy (non-hydrogen) atoms. The molecule has 0 radical (unpaired) electrons. The molecule has 6 aromatic rings. The summed E-state index contributed by atoms with van der Waals surface area (Å²) in [6.45, 7) is 9.95. The highest BCUT2D eigenvalue weighted by atomic mass is 19.4. The fraction of sp³-hybridized carbons (Fsp3) is 0.364. The SMILES string of the molecule is CC(C)(C)Cc1cnc(CC(C)(O)c2ccc(-c3ccc(F)cn3)cc2)[nH]1.CC(O)(Cc1ncc(CC2(C(F)(F)F)CC2)[nH]1)c1ccc(-c2ccc(F)cn2)cc1. The Hall–Kier alpha value is -5.27. The third-order valence-electron chi connectivity index (χ3n) is 10.1. The number of imidazole rings is 2. The lowest BCUT2D eigenvalue weighted by molar-refractivity contribution is -0.186. The van der Waals surface area contributed by atoms with E-state index < -0.39 is 28.6 Å². The van der Waals surface area contributed by atoms with Gasteiger partial charge in [0.25, 0.3) is 0 Å². The third kappa shape index (κ3) is 10.6. The molecule has 0 saturated heterocycles. The van der Waals surface area contributed by atoms with Gasteiger partial charge in [0.2, 0.25) is 0 Å². The Kier molecular flexibility index (Phi) is 11.6. The van der Waals surface area contributed by atoms with E-state index >= 15 is 0 Å². The predicted molar refractivity (Wildman–Crippen MR) is 208 cm³/mol. The molecule has 7 rings (SSSR count). The number of aromatic nitrogens is 6. The van der Waals surface area contributed by atoms with Crippen molar-refractivity contribution in [2.45, 2.75) is 90.5 Å². The largest absolute Gasteiger partial charge is 0.394 e. The Morgan fingerprint density at radius 2 is 0.982 bits per heavy atom. The van der Waals surface area contributed by atoms with Gasteiger partial charge in [-0.1, -0.05) is 69.3 Å². The van der Waals surface area contributed by atoms with Gasteiger partial charge in [-0.25, -0.2) is 18.7 Å². The lowest BCUT2D eigenvalue weighted by Gasteiger charge is -2.23. The summed E-state index contributed by atoms with van der Waals surface area (Å²) in [4.78, 5) is 23.0. The number of aromatic amines is 2. The van der Waals surface area contributed by atoms with Gasteiger partial charge in [0.15, 0.2) is 0 Å². The highest BCUT2D eigenvalue weighted by molar-refractivity contribution is 5.60. The van der Waals surface area contributed by atoms with Gasteiger partial charge in [-0.15, -0.1) is 0 Å². The third-order valence-corrected chi connectivity index (χ3v) is 10.1. The van der Waals surface area contributed by atoms with Crippen LogP contribution in [0.15, 0.2) is 97.6 Å². The lowest BCUT2D eigenvalue weighted by Crippen LogP contribution is -2.27. The normalized spacial score (nSPS) is 15.9. The van der Waals surface area contributed by atoms with E-state index in [1.807, 2.05) is 30.5 Å². The van der Waals surface area contributed by atoms with Gasteiger partial charge in [0, 0.05) is 54.2 Å². The van der Waals surface area contributed by atoms with Crippen LogP contribution < -0.4 is 0 Å². The first kappa shape index (κ1) is 41.4. The number of aliphatic hydroxyl groups is 2. The van der Waals surface area contributed by atoms with Crippen LogP contribution in [0.1, 0.15) is 81.6 Å². The second-order valence-corrected chi connectivity index (χ2v) is 16.7. The quantitative estimate of drug-likeness (QED) is 0.0971. The zero-order valence-electron chi connectivity index (χ0n) is 32.6. The fourth-order valence-corrected chi connectivity index (χ4v) is 6.77. The van der Waals surface area contributed by atoms with Crippen LogP contribution in [-0.2, 0) is 36.9 Å². The van der Waals surface area contributed by atoms with Gasteiger partial charge in [-0.3, -0.25) is 9.97 Å². The molecule has 2 unspecified atom stereocenters. The number of halogens is 5. The van der Waals surface area contributed by atoms with Crippen LogP contribution in [0.25, 0.3) is 22.5 Å². The summed E-state index contributed by atoms with van der Waals surface area (Å²) in [6.07, 6.45) is 2.96. The lowest BCUT2D eigenvalue weighted by atomic mass is 9.90. The number of nitrogens with one attached hydrogen (secondary N) is 2. The van der Waals surface area contributed by atoms with E-state index in [1.165, 1.54) is 24.5 Å². The van der Waals surface area contributed by atoms with Crippen molar-refractivity contribution in [1.82, 2.24) is 29.9 Å². The van der Waals surface area contributed by atoms with Crippen LogP contribution in [0.3, 0.4) is 0 Å². The van der Waals surface area contributed by atoms with Crippen molar-refractivity contribution in [3.8, 4) is 22.5 Å². The maximum Gasteiger partial charge on any atom is 0.394 e. The number of hydrogen-bond acceptors (Lipinski definition) is 6. The average Bonchev–Trinajstić information content (AvgIpc) is 3.64. The van der Waals surface area contributed by atoms with E-state index in [0.717, 1.165) is 40.8 Å². The van der Waals surface area contributed by atoms with Gasteiger partial charge < -0.3 is 20.2 Å². The smallest absolute Gasteiger partial charge is 0.385 e. The van der Waals surface area contributed by atoms with Gasteiger partial charge in [0.05, 0.1) is 40.4 Å². The molecule has 0 aliphatic heterocycles. The van der Waals surface area contributed by atoms with Crippen LogP contribution in [0.2, 0.25) is 0 Å². The van der Waals surface area contributed by atoms with Crippen LogP contribution in [0.5, 0.6) is 0 Å². The van der Waals surface area contributed by atoms with Gasteiger partial charge in [-0.05, 0) is 73.9 Å². The topological polar surface area (TPSA) is 124 Å². The summed E-state index contributed by atoms with van der Waals surface area (Å²) in [5.74, 6) is 0.419. The average molecular weight is 787 g/mol. The van der Waals surface area contributed by atoms with Crippen molar-refractivity contribution in [2.24, 2.45) is 10.8 Å². The summed E-state index contributed by atoms with van der Waals surface area (Å²) in [7, 11) is 0. The van der Waals surface area contributed by atoms with Gasteiger partial charge >= 0.3 is 6.18 Å². The molecule has 0 bridgehead atoms. The van der Waals surface area contributed by atoms with E-state index in [0.29, 0.717) is 34.9 Å². The summed E-state index contributed by atoms with van der Waals surface area (Å²) in [5, 5.41) is 21.9. The Balaban J connectivity index is 0.000000194. The monoisotopic (exact) mass is 786 g/mol. The van der Waals surface area contributed by atoms with Crippen LogP contribution in [0.4, 0.5) is 22.0 Å². The highest BCUT2D eigenvalue weighted by Gasteiger charge is 2.63. The molecule has 1 aliphatic carbocycles. The minimum Gasteiger partial charge on any atom is -0.385 e. The molecule has 2 atom stereocenters. The van der Waals surface area contributed by atoms with Gasteiger partial charge in [0.1, 0.15) is 23.3 Å². The fourth-order valence-electron chi connectivity index (χ4n) is 6.77.